The van der Waals surface area contributed by atoms with E-state index in [4.69, 9.17) is 21.3 Å². The molecule has 1 aromatic heterocycles. The summed E-state index contributed by atoms with van der Waals surface area (Å²) in [6.07, 6.45) is 0.984. The van der Waals surface area contributed by atoms with Crippen molar-refractivity contribution in [3.8, 4) is 0 Å². The largest absolute Gasteiger partial charge is 0.372 e. The third kappa shape index (κ3) is 4.23. The van der Waals surface area contributed by atoms with Gasteiger partial charge >= 0.3 is 0 Å². The SMILES string of the molecule is Cc1nc2c(c(N3CC(C)OC(C)C3)n1)CN(C(=O)C(Cl)c1ccccc1)CC2. The number of rotatable bonds is 3. The van der Waals surface area contributed by atoms with Crippen LogP contribution in [0.5, 0.6) is 0 Å². The van der Waals surface area contributed by atoms with Crippen LogP contribution in [-0.4, -0.2) is 52.6 Å². The van der Waals surface area contributed by atoms with Crippen molar-refractivity contribution < 1.29 is 9.53 Å². The molecule has 3 unspecified atom stereocenters. The number of morpholine rings is 1. The van der Waals surface area contributed by atoms with Crippen molar-refractivity contribution in [3.63, 3.8) is 0 Å². The van der Waals surface area contributed by atoms with Crippen LogP contribution in [0.1, 0.15) is 41.9 Å². The fourth-order valence-corrected chi connectivity index (χ4v) is 4.53. The van der Waals surface area contributed by atoms with Gasteiger partial charge in [-0.2, -0.15) is 0 Å². The summed E-state index contributed by atoms with van der Waals surface area (Å²) in [4.78, 5) is 26.6. The molecule has 7 heteroatoms. The number of fused-ring (bicyclic) bond motifs is 1. The van der Waals surface area contributed by atoms with Crippen molar-refractivity contribution in [1.29, 1.82) is 0 Å². The standard InChI is InChI=1S/C22H27ClN4O2/c1-14-11-27(12-15(2)29-14)21-18-13-26(10-9-19(18)24-16(3)25-21)22(28)20(23)17-7-5-4-6-8-17/h4-8,14-15,20H,9-13H2,1-3H3. The zero-order chi connectivity index (χ0) is 20.5. The van der Waals surface area contributed by atoms with E-state index in [-0.39, 0.29) is 18.1 Å². The van der Waals surface area contributed by atoms with Gasteiger partial charge in [0.05, 0.1) is 24.4 Å². The van der Waals surface area contributed by atoms with Gasteiger partial charge in [-0.1, -0.05) is 30.3 Å². The highest BCUT2D eigenvalue weighted by Crippen LogP contribution is 2.31. The summed E-state index contributed by atoms with van der Waals surface area (Å²) in [6.45, 7) is 8.76. The summed E-state index contributed by atoms with van der Waals surface area (Å²) in [5.74, 6) is 1.63. The maximum Gasteiger partial charge on any atom is 0.245 e. The number of nitrogens with zero attached hydrogens (tertiary/aromatic N) is 4. The summed E-state index contributed by atoms with van der Waals surface area (Å²) in [6, 6.07) is 9.51. The number of ether oxygens (including phenoxy) is 1. The van der Waals surface area contributed by atoms with Crippen LogP contribution < -0.4 is 4.90 Å². The summed E-state index contributed by atoms with van der Waals surface area (Å²) in [5.41, 5.74) is 2.89. The molecule has 4 rings (SSSR count). The van der Waals surface area contributed by atoms with E-state index in [1.54, 1.807) is 0 Å². The van der Waals surface area contributed by atoms with Crippen LogP contribution in [-0.2, 0) is 22.5 Å². The number of carbonyl (C=O) groups is 1. The van der Waals surface area contributed by atoms with E-state index in [0.29, 0.717) is 19.5 Å². The molecule has 0 bridgehead atoms. The quantitative estimate of drug-likeness (QED) is 0.721. The van der Waals surface area contributed by atoms with Gasteiger partial charge in [0.2, 0.25) is 5.91 Å². The fourth-order valence-electron chi connectivity index (χ4n) is 4.24. The van der Waals surface area contributed by atoms with Gasteiger partial charge < -0.3 is 14.5 Å². The monoisotopic (exact) mass is 414 g/mol. The van der Waals surface area contributed by atoms with Gasteiger partial charge in [0.1, 0.15) is 17.0 Å². The highest BCUT2D eigenvalue weighted by Gasteiger charge is 2.32. The lowest BCUT2D eigenvalue weighted by molar-refractivity contribution is -0.131. The Bertz CT molecular complexity index is 882. The number of aromatic nitrogens is 2. The fraction of sp³-hybridized carbons (Fsp3) is 0.500. The Morgan fingerprint density at radius 3 is 2.55 bits per heavy atom. The minimum atomic E-state index is -0.684. The second-order valence-corrected chi connectivity index (χ2v) is 8.40. The molecule has 3 atom stereocenters. The molecule has 6 nitrogen and oxygen atoms in total. The lowest BCUT2D eigenvalue weighted by atomic mass is 10.0. The lowest BCUT2D eigenvalue weighted by Crippen LogP contribution is -2.47. The first-order valence-corrected chi connectivity index (χ1v) is 10.6. The average molecular weight is 415 g/mol. The van der Waals surface area contributed by atoms with Crippen molar-refractivity contribution in [2.75, 3.05) is 24.5 Å². The molecule has 0 N–H and O–H groups in total. The second kappa shape index (κ2) is 8.28. The molecular formula is C22H27ClN4O2. The van der Waals surface area contributed by atoms with E-state index in [1.165, 1.54) is 0 Å². The van der Waals surface area contributed by atoms with Crippen molar-refractivity contribution in [2.24, 2.45) is 0 Å². The maximum atomic E-state index is 13.1. The summed E-state index contributed by atoms with van der Waals surface area (Å²) < 4.78 is 5.88. The maximum absolute atomic E-state index is 13.1. The normalized spacial score (nSPS) is 22.9. The Hall–Kier alpha value is -2.18. The Morgan fingerprint density at radius 2 is 1.86 bits per heavy atom. The Morgan fingerprint density at radius 1 is 1.17 bits per heavy atom. The Balaban J connectivity index is 1.60. The zero-order valence-corrected chi connectivity index (χ0v) is 17.9. The van der Waals surface area contributed by atoms with Crippen LogP contribution in [0, 0.1) is 6.92 Å². The molecule has 0 radical (unpaired) electrons. The van der Waals surface area contributed by atoms with Gasteiger partial charge in [-0.15, -0.1) is 11.6 Å². The van der Waals surface area contributed by atoms with Crippen molar-refractivity contribution in [2.45, 2.75) is 51.3 Å². The van der Waals surface area contributed by atoms with E-state index in [0.717, 1.165) is 41.6 Å². The van der Waals surface area contributed by atoms with Gasteiger partial charge in [-0.05, 0) is 26.3 Å². The van der Waals surface area contributed by atoms with Gasteiger partial charge in [0, 0.05) is 31.6 Å². The Labute approximate surface area is 176 Å². The van der Waals surface area contributed by atoms with Gasteiger partial charge in [0.15, 0.2) is 0 Å². The van der Waals surface area contributed by atoms with E-state index in [2.05, 4.69) is 23.7 Å². The van der Waals surface area contributed by atoms with Crippen LogP contribution >= 0.6 is 11.6 Å². The first kappa shape index (κ1) is 20.1. The number of benzene rings is 1. The number of amides is 1. The molecule has 1 fully saturated rings. The number of carbonyl (C=O) groups excluding carboxylic acids is 1. The number of hydrogen-bond acceptors (Lipinski definition) is 5. The summed E-state index contributed by atoms with van der Waals surface area (Å²) in [7, 11) is 0. The molecule has 154 valence electrons. The van der Waals surface area contributed by atoms with Crippen LogP contribution in [0.3, 0.4) is 0 Å². The minimum Gasteiger partial charge on any atom is -0.372 e. The molecule has 0 aliphatic carbocycles. The molecule has 2 aromatic rings. The van der Waals surface area contributed by atoms with E-state index in [9.17, 15) is 4.79 Å². The molecule has 3 heterocycles. The van der Waals surface area contributed by atoms with Crippen molar-refractivity contribution in [3.05, 3.63) is 53.0 Å². The van der Waals surface area contributed by atoms with E-state index >= 15 is 0 Å². The molecule has 2 aliphatic rings. The number of halogens is 1. The molecule has 2 aliphatic heterocycles. The predicted octanol–water partition coefficient (Wildman–Crippen LogP) is 3.26. The lowest BCUT2D eigenvalue weighted by Gasteiger charge is -2.39. The van der Waals surface area contributed by atoms with Crippen molar-refractivity contribution >= 4 is 23.3 Å². The highest BCUT2D eigenvalue weighted by molar-refractivity contribution is 6.30. The number of alkyl halides is 1. The molecule has 1 saturated heterocycles. The van der Waals surface area contributed by atoms with Crippen LogP contribution in [0.2, 0.25) is 0 Å². The van der Waals surface area contributed by atoms with Crippen LogP contribution in [0.4, 0.5) is 5.82 Å². The first-order chi connectivity index (χ1) is 13.9. The van der Waals surface area contributed by atoms with Gasteiger partial charge in [-0.25, -0.2) is 9.97 Å². The van der Waals surface area contributed by atoms with Gasteiger partial charge in [-0.3, -0.25) is 4.79 Å². The third-order valence-electron chi connectivity index (χ3n) is 5.49. The third-order valence-corrected chi connectivity index (χ3v) is 5.93. The number of hydrogen-bond donors (Lipinski definition) is 0. The minimum absolute atomic E-state index is 0.0706. The molecule has 1 amide bonds. The summed E-state index contributed by atoms with van der Waals surface area (Å²) in [5, 5.41) is -0.684. The number of aryl methyl sites for hydroxylation is 1. The number of anilines is 1. The second-order valence-electron chi connectivity index (χ2n) is 7.97. The first-order valence-electron chi connectivity index (χ1n) is 10.2. The van der Waals surface area contributed by atoms with Crippen molar-refractivity contribution in [1.82, 2.24) is 14.9 Å². The predicted molar refractivity (Wildman–Crippen MR) is 113 cm³/mol. The smallest absolute Gasteiger partial charge is 0.245 e. The topological polar surface area (TPSA) is 58.6 Å². The molecule has 0 saturated carbocycles. The van der Waals surface area contributed by atoms with Gasteiger partial charge in [0.25, 0.3) is 0 Å². The van der Waals surface area contributed by atoms with Crippen LogP contribution in [0.25, 0.3) is 0 Å². The molecular weight excluding hydrogens is 388 g/mol. The Kier molecular flexibility index (Phi) is 5.74. The average Bonchev–Trinajstić information content (AvgIpc) is 2.71. The zero-order valence-electron chi connectivity index (χ0n) is 17.1. The molecule has 29 heavy (non-hydrogen) atoms. The van der Waals surface area contributed by atoms with E-state index in [1.807, 2.05) is 42.2 Å². The van der Waals surface area contributed by atoms with E-state index < -0.39 is 5.38 Å². The van der Waals surface area contributed by atoms with Crippen LogP contribution in [0.15, 0.2) is 30.3 Å². The molecule has 0 spiro atoms. The molecule has 1 aromatic carbocycles. The highest BCUT2D eigenvalue weighted by atomic mass is 35.5. The summed E-state index contributed by atoms with van der Waals surface area (Å²) >= 11 is 6.52.